The number of allylic oxidation sites excluding steroid dienone is 4. The maximum atomic E-state index is 12.7. The Hall–Kier alpha value is -2.23. The van der Waals surface area contributed by atoms with Gasteiger partial charge in [-0.15, -0.1) is 0 Å². The van der Waals surface area contributed by atoms with E-state index in [1.165, 1.54) is 89.9 Å². The average molecular weight is 767 g/mol. The molecule has 316 valence electrons. The molecule has 1 N–H and O–H groups in total. The highest BCUT2D eigenvalue weighted by Gasteiger charge is 2.25. The molecule has 0 aliphatic carbocycles. The zero-order valence-electron chi connectivity index (χ0n) is 35.6. The van der Waals surface area contributed by atoms with Gasteiger partial charge in [-0.05, 0) is 38.5 Å². The Morgan fingerprint density at radius 2 is 1.04 bits per heavy atom. The van der Waals surface area contributed by atoms with Crippen LogP contribution in [-0.2, 0) is 33.3 Å². The highest BCUT2D eigenvalue weighted by Crippen LogP contribution is 2.15. The van der Waals surface area contributed by atoms with Crippen molar-refractivity contribution >= 4 is 17.9 Å². The van der Waals surface area contributed by atoms with E-state index in [4.69, 9.17) is 18.9 Å². The second kappa shape index (κ2) is 37.7. The normalized spacial score (nSPS) is 13.1. The van der Waals surface area contributed by atoms with Crippen molar-refractivity contribution < 1.29 is 42.9 Å². The molecule has 0 aliphatic heterocycles. The summed E-state index contributed by atoms with van der Waals surface area (Å²) in [5.41, 5.74) is 0. The van der Waals surface area contributed by atoms with Crippen LogP contribution in [0.4, 0.5) is 0 Å². The second-order valence-corrected chi connectivity index (χ2v) is 16.0. The minimum atomic E-state index is -1.51. The summed E-state index contributed by atoms with van der Waals surface area (Å²) < 4.78 is 22.7. The number of likely N-dealkylation sites (N-methyl/N-ethyl adjacent to an activating group) is 1. The monoisotopic (exact) mass is 767 g/mol. The first-order valence-electron chi connectivity index (χ1n) is 22.0. The number of rotatable bonds is 40. The van der Waals surface area contributed by atoms with Crippen LogP contribution in [0.1, 0.15) is 187 Å². The van der Waals surface area contributed by atoms with Gasteiger partial charge in [-0.2, -0.15) is 0 Å². The van der Waals surface area contributed by atoms with Gasteiger partial charge in [-0.25, -0.2) is 4.79 Å². The standard InChI is InChI=1S/C45H83NO8/c1-6-8-10-12-14-16-18-20-21-22-24-25-27-29-31-33-35-42(47)52-39-41(40-53-45(44(49)50)51-38-37-46(3,4)5)54-43(48)36-34-32-30-28-26-23-19-17-15-13-11-9-7-2/h11,13,17,19,41,45H,6-10,12,14-16,18,20-40H2,1-5H3/p+1/b13-11-,19-17-. The van der Waals surface area contributed by atoms with Crippen molar-refractivity contribution in [3.63, 3.8) is 0 Å². The lowest BCUT2D eigenvalue weighted by Gasteiger charge is -2.25. The largest absolute Gasteiger partial charge is 0.477 e. The van der Waals surface area contributed by atoms with E-state index in [9.17, 15) is 19.5 Å². The molecule has 0 radical (unpaired) electrons. The summed E-state index contributed by atoms with van der Waals surface area (Å²) in [5.74, 6) is -2.02. The van der Waals surface area contributed by atoms with E-state index in [1.54, 1.807) is 0 Å². The van der Waals surface area contributed by atoms with Gasteiger partial charge in [0.15, 0.2) is 6.10 Å². The third kappa shape index (κ3) is 38.1. The molecule has 9 heteroatoms. The molecule has 0 saturated carbocycles. The molecule has 54 heavy (non-hydrogen) atoms. The number of ether oxygens (including phenoxy) is 4. The number of nitrogens with zero attached hydrogens (tertiary/aromatic N) is 1. The van der Waals surface area contributed by atoms with Crippen LogP contribution in [0.5, 0.6) is 0 Å². The van der Waals surface area contributed by atoms with Gasteiger partial charge in [0.25, 0.3) is 6.29 Å². The van der Waals surface area contributed by atoms with Crippen molar-refractivity contribution in [1.29, 1.82) is 0 Å². The van der Waals surface area contributed by atoms with Crippen molar-refractivity contribution in [2.45, 2.75) is 200 Å². The van der Waals surface area contributed by atoms with E-state index < -0.39 is 24.3 Å². The molecule has 2 unspecified atom stereocenters. The molecule has 0 amide bonds. The van der Waals surface area contributed by atoms with Gasteiger partial charge in [0.05, 0.1) is 34.4 Å². The summed E-state index contributed by atoms with van der Waals surface area (Å²) in [7, 11) is 5.95. The van der Waals surface area contributed by atoms with Crippen molar-refractivity contribution in [2.24, 2.45) is 0 Å². The SMILES string of the molecule is CCC/C=C\C/C=C\CCCCCCCC(=O)OC(COC(=O)CCCCCCCCCCCCCCCCCC)COC(OCC[N+](C)(C)C)C(=O)O. The quantitative estimate of drug-likeness (QED) is 0.0216. The van der Waals surface area contributed by atoms with Gasteiger partial charge in [-0.1, -0.05) is 160 Å². The van der Waals surface area contributed by atoms with Gasteiger partial charge in [0.2, 0.25) is 0 Å². The molecule has 2 atom stereocenters. The van der Waals surface area contributed by atoms with Crippen LogP contribution in [0, 0.1) is 0 Å². The number of hydrogen-bond acceptors (Lipinski definition) is 7. The van der Waals surface area contributed by atoms with Crippen LogP contribution >= 0.6 is 0 Å². The maximum absolute atomic E-state index is 12.7. The maximum Gasteiger partial charge on any atom is 0.361 e. The Morgan fingerprint density at radius 3 is 1.54 bits per heavy atom. The summed E-state index contributed by atoms with van der Waals surface area (Å²) in [4.78, 5) is 37.0. The molecule has 0 spiro atoms. The first kappa shape index (κ1) is 51.8. The van der Waals surface area contributed by atoms with Crippen LogP contribution in [-0.4, -0.2) is 87.4 Å². The second-order valence-electron chi connectivity index (χ2n) is 16.0. The Bertz CT molecular complexity index is 944. The van der Waals surface area contributed by atoms with E-state index in [-0.39, 0.29) is 32.2 Å². The van der Waals surface area contributed by atoms with Crippen LogP contribution in [0.25, 0.3) is 0 Å². The van der Waals surface area contributed by atoms with Crippen LogP contribution < -0.4 is 0 Å². The van der Waals surface area contributed by atoms with E-state index in [2.05, 4.69) is 38.2 Å². The predicted molar refractivity (Wildman–Crippen MR) is 221 cm³/mol. The number of carboxylic acids is 1. The minimum Gasteiger partial charge on any atom is -0.477 e. The van der Waals surface area contributed by atoms with Gasteiger partial charge in [-0.3, -0.25) is 9.59 Å². The molecule has 0 aromatic rings. The highest BCUT2D eigenvalue weighted by atomic mass is 16.7. The van der Waals surface area contributed by atoms with E-state index in [0.717, 1.165) is 64.2 Å². The zero-order chi connectivity index (χ0) is 40.0. The molecular weight excluding hydrogens is 682 g/mol. The topological polar surface area (TPSA) is 108 Å². The average Bonchev–Trinajstić information content (AvgIpc) is 3.12. The fraction of sp³-hybridized carbons (Fsp3) is 0.844. The van der Waals surface area contributed by atoms with E-state index in [1.807, 2.05) is 21.1 Å². The van der Waals surface area contributed by atoms with Gasteiger partial charge in [0, 0.05) is 12.8 Å². The molecule has 0 aromatic carbocycles. The summed E-state index contributed by atoms with van der Waals surface area (Å²) >= 11 is 0. The lowest BCUT2D eigenvalue weighted by atomic mass is 10.0. The number of aliphatic carboxylic acids is 1. The first-order chi connectivity index (χ1) is 26.1. The molecule has 0 fully saturated rings. The Kier molecular flexibility index (Phi) is 36.1. The van der Waals surface area contributed by atoms with E-state index in [0.29, 0.717) is 23.9 Å². The number of hydrogen-bond donors (Lipinski definition) is 1. The van der Waals surface area contributed by atoms with Crippen LogP contribution in [0.15, 0.2) is 24.3 Å². The Labute approximate surface area is 331 Å². The number of esters is 2. The molecule has 9 nitrogen and oxygen atoms in total. The van der Waals surface area contributed by atoms with Crippen LogP contribution in [0.3, 0.4) is 0 Å². The number of carboxylic acid groups (broad SMARTS) is 1. The number of quaternary nitrogens is 1. The van der Waals surface area contributed by atoms with Crippen molar-refractivity contribution in [3.8, 4) is 0 Å². The lowest BCUT2D eigenvalue weighted by molar-refractivity contribution is -0.870. The van der Waals surface area contributed by atoms with Gasteiger partial charge in [0.1, 0.15) is 13.2 Å². The molecule has 0 aromatic heterocycles. The number of carbonyl (C=O) groups excluding carboxylic acids is 2. The van der Waals surface area contributed by atoms with Gasteiger partial charge < -0.3 is 28.5 Å². The molecule has 0 saturated heterocycles. The molecule has 0 heterocycles. The summed E-state index contributed by atoms with van der Waals surface area (Å²) in [6.07, 6.45) is 36.6. The number of unbranched alkanes of at least 4 members (excludes halogenated alkanes) is 21. The Balaban J connectivity index is 4.44. The molecule has 0 rings (SSSR count). The third-order valence-electron chi connectivity index (χ3n) is 9.44. The fourth-order valence-corrected chi connectivity index (χ4v) is 5.99. The third-order valence-corrected chi connectivity index (χ3v) is 9.44. The molecular formula is C45H84NO8+. The Morgan fingerprint density at radius 1 is 0.556 bits per heavy atom. The fourth-order valence-electron chi connectivity index (χ4n) is 5.99. The highest BCUT2D eigenvalue weighted by molar-refractivity contribution is 5.71. The van der Waals surface area contributed by atoms with Gasteiger partial charge >= 0.3 is 17.9 Å². The summed E-state index contributed by atoms with van der Waals surface area (Å²) in [6, 6.07) is 0. The van der Waals surface area contributed by atoms with Crippen LogP contribution in [0.2, 0.25) is 0 Å². The summed E-state index contributed by atoms with van der Waals surface area (Å²) in [5, 5.41) is 9.62. The molecule has 0 aliphatic rings. The lowest BCUT2D eigenvalue weighted by Crippen LogP contribution is -2.40. The van der Waals surface area contributed by atoms with Crippen molar-refractivity contribution in [1.82, 2.24) is 0 Å². The smallest absolute Gasteiger partial charge is 0.361 e. The number of carbonyl (C=O) groups is 3. The van der Waals surface area contributed by atoms with E-state index >= 15 is 0 Å². The zero-order valence-corrected chi connectivity index (χ0v) is 35.6. The minimum absolute atomic E-state index is 0.184. The first-order valence-corrected chi connectivity index (χ1v) is 22.0. The van der Waals surface area contributed by atoms with Crippen molar-refractivity contribution in [2.75, 3.05) is 47.5 Å². The predicted octanol–water partition coefficient (Wildman–Crippen LogP) is 11.3. The van der Waals surface area contributed by atoms with Crippen molar-refractivity contribution in [3.05, 3.63) is 24.3 Å². The summed E-state index contributed by atoms with van der Waals surface area (Å²) in [6.45, 7) is 4.79. The molecule has 0 bridgehead atoms.